The molecular weight excluding hydrogens is 287 g/mol. The molecule has 0 bridgehead atoms. The van der Waals surface area contributed by atoms with E-state index >= 15 is 0 Å². The molecule has 0 aromatic heterocycles. The Hall–Kier alpha value is -0.880. The third-order valence-corrected chi connectivity index (χ3v) is 4.73. The van der Waals surface area contributed by atoms with E-state index in [0.29, 0.717) is 12.3 Å². The molecule has 0 amide bonds. The zero-order valence-electron chi connectivity index (χ0n) is 11.9. The minimum Gasteiger partial charge on any atom is -0.312 e. The van der Waals surface area contributed by atoms with E-state index < -0.39 is 22.5 Å². The lowest BCUT2D eigenvalue weighted by molar-refractivity contribution is -0.138. The van der Waals surface area contributed by atoms with Crippen molar-refractivity contribution in [3.63, 3.8) is 0 Å². The molecule has 0 saturated heterocycles. The van der Waals surface area contributed by atoms with Crippen molar-refractivity contribution in [1.82, 2.24) is 5.32 Å². The highest BCUT2D eigenvalue weighted by Crippen LogP contribution is 2.31. The molecule has 0 heterocycles. The van der Waals surface area contributed by atoms with Gasteiger partial charge in [-0.05, 0) is 32.4 Å². The van der Waals surface area contributed by atoms with Crippen molar-refractivity contribution in [3.8, 4) is 0 Å². The summed E-state index contributed by atoms with van der Waals surface area (Å²) in [6.45, 7) is 6.18. The van der Waals surface area contributed by atoms with Gasteiger partial charge in [-0.3, -0.25) is 4.21 Å². The van der Waals surface area contributed by atoms with Crippen LogP contribution >= 0.6 is 0 Å². The van der Waals surface area contributed by atoms with E-state index in [2.05, 4.69) is 5.32 Å². The van der Waals surface area contributed by atoms with Crippen LogP contribution in [0.1, 0.15) is 31.9 Å². The third kappa shape index (κ3) is 5.25. The molecule has 0 unspecified atom stereocenters. The summed E-state index contributed by atoms with van der Waals surface area (Å²) in [6.07, 6.45) is -4.34. The number of alkyl halides is 3. The molecule has 114 valence electrons. The van der Waals surface area contributed by atoms with Gasteiger partial charge in [0.15, 0.2) is 0 Å². The fourth-order valence-electron chi connectivity index (χ4n) is 1.65. The molecule has 1 rings (SSSR count). The normalized spacial score (nSPS) is 14.3. The van der Waals surface area contributed by atoms with Gasteiger partial charge in [0, 0.05) is 34.4 Å². The molecule has 0 saturated carbocycles. The predicted molar refractivity (Wildman–Crippen MR) is 75.9 cm³/mol. The molecule has 0 aliphatic heterocycles. The molecule has 1 N–H and O–H groups in total. The van der Waals surface area contributed by atoms with Crippen molar-refractivity contribution in [2.75, 3.05) is 12.3 Å². The molecule has 0 aliphatic rings. The van der Waals surface area contributed by atoms with Gasteiger partial charge in [0.1, 0.15) is 0 Å². The highest BCUT2D eigenvalue weighted by Gasteiger charge is 2.32. The van der Waals surface area contributed by atoms with Crippen LogP contribution < -0.4 is 5.32 Å². The van der Waals surface area contributed by atoms with Crippen molar-refractivity contribution in [1.29, 1.82) is 0 Å². The van der Waals surface area contributed by atoms with Crippen molar-refractivity contribution in [2.45, 2.75) is 38.2 Å². The van der Waals surface area contributed by atoms with Gasteiger partial charge in [-0.15, -0.1) is 0 Å². The van der Waals surface area contributed by atoms with E-state index in [1.54, 1.807) is 6.07 Å². The first kappa shape index (κ1) is 17.2. The lowest BCUT2D eigenvalue weighted by Crippen LogP contribution is -2.29. The molecule has 0 spiro atoms. The summed E-state index contributed by atoms with van der Waals surface area (Å²) in [5.41, 5.74) is -0.411. The Morgan fingerprint density at radius 3 is 2.30 bits per heavy atom. The topological polar surface area (TPSA) is 29.1 Å². The minimum absolute atomic E-state index is 0.122. The van der Waals surface area contributed by atoms with Crippen molar-refractivity contribution in [2.24, 2.45) is 0 Å². The summed E-state index contributed by atoms with van der Waals surface area (Å²) in [7, 11) is -1.00. The van der Waals surface area contributed by atoms with E-state index in [9.17, 15) is 17.4 Å². The van der Waals surface area contributed by atoms with E-state index in [4.69, 9.17) is 0 Å². The van der Waals surface area contributed by atoms with Gasteiger partial charge in [-0.25, -0.2) is 0 Å². The number of nitrogens with one attached hydrogen (secondary N) is 1. The fourth-order valence-corrected chi connectivity index (χ4v) is 2.59. The van der Waals surface area contributed by atoms with Crippen LogP contribution in [0.25, 0.3) is 0 Å². The summed E-state index contributed by atoms with van der Waals surface area (Å²) >= 11 is 0. The Morgan fingerprint density at radius 1 is 1.15 bits per heavy atom. The van der Waals surface area contributed by atoms with Crippen LogP contribution in [0.2, 0.25) is 0 Å². The van der Waals surface area contributed by atoms with Gasteiger partial charge in [0.2, 0.25) is 0 Å². The smallest absolute Gasteiger partial charge is 0.312 e. The van der Waals surface area contributed by atoms with Crippen LogP contribution in [0, 0.1) is 0 Å². The van der Waals surface area contributed by atoms with Gasteiger partial charge in [0.05, 0.1) is 5.56 Å². The molecule has 0 radical (unpaired) electrons. The van der Waals surface area contributed by atoms with Gasteiger partial charge < -0.3 is 5.32 Å². The highest BCUT2D eigenvalue weighted by atomic mass is 32.2. The minimum atomic E-state index is -4.34. The first-order chi connectivity index (χ1) is 9.12. The quantitative estimate of drug-likeness (QED) is 0.845. The molecule has 1 atom stereocenters. The van der Waals surface area contributed by atoms with E-state index in [0.717, 1.165) is 6.07 Å². The molecule has 20 heavy (non-hydrogen) atoms. The molecule has 6 heteroatoms. The molecule has 0 aliphatic carbocycles. The Bertz CT molecular complexity index is 466. The zero-order valence-corrected chi connectivity index (χ0v) is 12.7. The number of hydrogen-bond donors (Lipinski definition) is 1. The van der Waals surface area contributed by atoms with Gasteiger partial charge >= 0.3 is 6.18 Å². The average molecular weight is 307 g/mol. The average Bonchev–Trinajstić information content (AvgIpc) is 2.32. The largest absolute Gasteiger partial charge is 0.416 e. The number of halogens is 3. The predicted octanol–water partition coefficient (Wildman–Crippen LogP) is 3.34. The number of rotatable bonds is 5. The van der Waals surface area contributed by atoms with Crippen LogP contribution in [0.15, 0.2) is 24.3 Å². The van der Waals surface area contributed by atoms with Crippen LogP contribution in [0.3, 0.4) is 0 Å². The molecule has 1 aromatic carbocycles. The second-order valence-corrected chi connectivity index (χ2v) is 7.82. The van der Waals surface area contributed by atoms with Crippen LogP contribution in [0.4, 0.5) is 13.2 Å². The Labute approximate surface area is 120 Å². The molecular formula is C14H20F3NOS. The fraction of sp³-hybridized carbons (Fsp3) is 0.571. The number of hydrogen-bond acceptors (Lipinski definition) is 2. The lowest BCUT2D eigenvalue weighted by atomic mass is 10.1. The first-order valence-electron chi connectivity index (χ1n) is 6.36. The summed E-state index contributed by atoms with van der Waals surface area (Å²) in [5, 5.41) is 2.92. The Kier molecular flexibility index (Phi) is 5.77. The first-order valence-corrected chi connectivity index (χ1v) is 7.68. The van der Waals surface area contributed by atoms with Gasteiger partial charge in [-0.2, -0.15) is 13.2 Å². The van der Waals surface area contributed by atoms with E-state index in [1.165, 1.54) is 12.1 Å². The Balaban J connectivity index is 2.54. The summed E-state index contributed by atoms with van der Waals surface area (Å²) in [4.78, 5) is 0. The van der Waals surface area contributed by atoms with Gasteiger partial charge in [-0.1, -0.05) is 18.2 Å². The molecule has 1 aromatic rings. The molecule has 0 fully saturated rings. The third-order valence-electron chi connectivity index (χ3n) is 2.79. The second kappa shape index (κ2) is 6.72. The monoisotopic (exact) mass is 307 g/mol. The van der Waals surface area contributed by atoms with Crippen LogP contribution in [-0.4, -0.2) is 21.3 Å². The van der Waals surface area contributed by atoms with E-state index in [-0.39, 0.29) is 16.9 Å². The molecule has 2 nitrogen and oxygen atoms in total. The van der Waals surface area contributed by atoms with Crippen LogP contribution in [0.5, 0.6) is 0 Å². The summed E-state index contributed by atoms with van der Waals surface area (Å²) in [5.74, 6) is 0.428. The van der Waals surface area contributed by atoms with Crippen molar-refractivity contribution >= 4 is 10.8 Å². The Morgan fingerprint density at radius 2 is 1.75 bits per heavy atom. The highest BCUT2D eigenvalue weighted by molar-refractivity contribution is 7.86. The number of benzene rings is 1. The zero-order chi connectivity index (χ0) is 15.4. The SMILES string of the molecule is CC(C)(C)[S@@](=O)CCNCc1ccccc1C(F)(F)F. The standard InChI is InChI=1S/C14H20F3NOS/c1-13(2,3)20(19)9-8-18-10-11-6-4-5-7-12(11)14(15,16)17/h4-7,18H,8-10H2,1-3H3/t20-/m0/s1. The maximum Gasteiger partial charge on any atom is 0.416 e. The maximum absolute atomic E-state index is 12.8. The lowest BCUT2D eigenvalue weighted by Gasteiger charge is -2.18. The second-order valence-electron chi connectivity index (χ2n) is 5.49. The van der Waals surface area contributed by atoms with E-state index in [1.807, 2.05) is 20.8 Å². The van der Waals surface area contributed by atoms with Crippen molar-refractivity contribution in [3.05, 3.63) is 35.4 Å². The summed E-state index contributed by atoms with van der Waals surface area (Å²) < 4.78 is 49.8. The van der Waals surface area contributed by atoms with Crippen molar-refractivity contribution < 1.29 is 17.4 Å². The van der Waals surface area contributed by atoms with Gasteiger partial charge in [0.25, 0.3) is 0 Å². The maximum atomic E-state index is 12.8. The summed E-state index contributed by atoms with van der Waals surface area (Å²) in [6, 6.07) is 5.49. The van der Waals surface area contributed by atoms with Crippen LogP contribution in [-0.2, 0) is 23.5 Å².